The smallest absolute Gasteiger partial charge is 0.311 e. The van der Waals surface area contributed by atoms with Crippen LogP contribution in [0.15, 0.2) is 0 Å². The maximum absolute atomic E-state index is 11.7. The lowest BCUT2D eigenvalue weighted by atomic mass is 10.1. The van der Waals surface area contributed by atoms with Crippen molar-refractivity contribution < 1.29 is 38.7 Å². The minimum atomic E-state index is -0.766. The Labute approximate surface area is 149 Å². The van der Waals surface area contributed by atoms with Gasteiger partial charge in [-0.05, 0) is 26.7 Å². The number of aliphatic hydroxyl groups is 2. The zero-order chi connectivity index (χ0) is 19.2. The van der Waals surface area contributed by atoms with Gasteiger partial charge in [-0.3, -0.25) is 9.59 Å². The van der Waals surface area contributed by atoms with E-state index in [-0.39, 0.29) is 12.8 Å². The van der Waals surface area contributed by atoms with Crippen LogP contribution in [0.4, 0.5) is 0 Å². The molecule has 4 unspecified atom stereocenters. The molecule has 4 atom stereocenters. The summed E-state index contributed by atoms with van der Waals surface area (Å²) >= 11 is 0. The lowest BCUT2D eigenvalue weighted by molar-refractivity contribution is -0.172. The Morgan fingerprint density at radius 3 is 1.40 bits per heavy atom. The van der Waals surface area contributed by atoms with E-state index < -0.39 is 43.1 Å². The molecule has 0 fully saturated rings. The zero-order valence-electron chi connectivity index (χ0n) is 15.6. The van der Waals surface area contributed by atoms with Crippen LogP contribution in [-0.4, -0.2) is 66.6 Å². The van der Waals surface area contributed by atoms with Crippen molar-refractivity contribution in [3.8, 4) is 0 Å². The van der Waals surface area contributed by atoms with Crippen molar-refractivity contribution in [1.29, 1.82) is 0 Å². The van der Waals surface area contributed by atoms with Crippen LogP contribution in [0.1, 0.15) is 53.4 Å². The van der Waals surface area contributed by atoms with Gasteiger partial charge in [0.05, 0.1) is 37.3 Å². The minimum Gasteiger partial charge on any atom is -0.428 e. The lowest BCUT2D eigenvalue weighted by Gasteiger charge is -2.21. The molecule has 0 aliphatic carbocycles. The molecule has 0 amide bonds. The molecule has 0 saturated carbocycles. The molecule has 0 spiro atoms. The molecule has 148 valence electrons. The monoisotopic (exact) mass is 364 g/mol. The van der Waals surface area contributed by atoms with Gasteiger partial charge in [0.15, 0.2) is 0 Å². The van der Waals surface area contributed by atoms with E-state index in [1.807, 2.05) is 0 Å². The maximum atomic E-state index is 11.7. The predicted molar refractivity (Wildman–Crippen MR) is 89.7 cm³/mol. The highest BCUT2D eigenvalue weighted by Gasteiger charge is 2.24. The third kappa shape index (κ3) is 10.4. The average Bonchev–Trinajstić information content (AvgIpc) is 2.59. The molecule has 8 heteroatoms. The number of rotatable bonds is 14. The summed E-state index contributed by atoms with van der Waals surface area (Å²) in [5.74, 6) is -1.26. The van der Waals surface area contributed by atoms with E-state index in [0.717, 1.165) is 0 Å². The van der Waals surface area contributed by atoms with E-state index in [1.54, 1.807) is 27.7 Å². The highest BCUT2D eigenvalue weighted by atomic mass is 16.7. The van der Waals surface area contributed by atoms with Gasteiger partial charge in [-0.25, -0.2) is 0 Å². The predicted octanol–water partition coefficient (Wildman–Crippen LogP) is 1.16. The van der Waals surface area contributed by atoms with E-state index in [0.29, 0.717) is 26.1 Å². The first kappa shape index (κ1) is 23.8. The Morgan fingerprint density at radius 1 is 0.760 bits per heavy atom. The van der Waals surface area contributed by atoms with Gasteiger partial charge >= 0.3 is 11.9 Å². The molecular weight excluding hydrogens is 332 g/mol. The van der Waals surface area contributed by atoms with Gasteiger partial charge in [0, 0.05) is 13.2 Å². The summed E-state index contributed by atoms with van der Waals surface area (Å²) in [4.78, 5) is 23.5. The topological polar surface area (TPSA) is 112 Å². The first-order chi connectivity index (χ1) is 11.9. The van der Waals surface area contributed by atoms with Crippen LogP contribution in [-0.2, 0) is 28.5 Å². The molecule has 0 aliphatic rings. The first-order valence-electron chi connectivity index (χ1n) is 8.79. The largest absolute Gasteiger partial charge is 0.428 e. The summed E-state index contributed by atoms with van der Waals surface area (Å²) in [6, 6.07) is 0. The summed E-state index contributed by atoms with van der Waals surface area (Å²) < 4.78 is 20.3. The van der Waals surface area contributed by atoms with Crippen molar-refractivity contribution >= 4 is 11.9 Å². The quantitative estimate of drug-likeness (QED) is 0.349. The number of hydrogen-bond donors (Lipinski definition) is 2. The summed E-state index contributed by atoms with van der Waals surface area (Å²) in [7, 11) is 0. The van der Waals surface area contributed by atoms with E-state index >= 15 is 0 Å². The number of carbonyl (C=O) groups excluding carboxylic acids is 2. The molecule has 8 nitrogen and oxygen atoms in total. The molecule has 0 aliphatic heterocycles. The number of ether oxygens (including phenoxy) is 4. The van der Waals surface area contributed by atoms with E-state index in [2.05, 4.69) is 0 Å². The molecule has 0 aromatic heterocycles. The Bertz CT molecular complexity index is 340. The number of carbonyl (C=O) groups is 2. The Kier molecular flexibility index (Phi) is 13.3. The van der Waals surface area contributed by atoms with Gasteiger partial charge in [-0.1, -0.05) is 13.8 Å². The Morgan fingerprint density at radius 2 is 1.12 bits per heavy atom. The highest BCUT2D eigenvalue weighted by molar-refractivity contribution is 5.71. The first-order valence-corrected chi connectivity index (χ1v) is 8.79. The van der Waals surface area contributed by atoms with Gasteiger partial charge in [0.1, 0.15) is 0 Å². The van der Waals surface area contributed by atoms with Crippen LogP contribution in [0.25, 0.3) is 0 Å². The van der Waals surface area contributed by atoms with E-state index in [9.17, 15) is 19.8 Å². The van der Waals surface area contributed by atoms with Gasteiger partial charge in [-0.2, -0.15) is 0 Å². The van der Waals surface area contributed by atoms with Gasteiger partial charge in [0.25, 0.3) is 0 Å². The van der Waals surface area contributed by atoms with Crippen molar-refractivity contribution in [2.24, 2.45) is 0 Å². The van der Waals surface area contributed by atoms with E-state index in [4.69, 9.17) is 18.9 Å². The highest BCUT2D eigenvalue weighted by Crippen LogP contribution is 2.11. The molecule has 0 rings (SSSR count). The van der Waals surface area contributed by atoms with Crippen molar-refractivity contribution in [3.05, 3.63) is 0 Å². The normalized spacial score (nSPS) is 15.9. The van der Waals surface area contributed by atoms with Crippen molar-refractivity contribution in [2.45, 2.75) is 77.8 Å². The van der Waals surface area contributed by atoms with Crippen LogP contribution in [0.2, 0.25) is 0 Å². The van der Waals surface area contributed by atoms with Crippen molar-refractivity contribution in [3.63, 3.8) is 0 Å². The fraction of sp³-hybridized carbons (Fsp3) is 0.882. The molecule has 2 N–H and O–H groups in total. The van der Waals surface area contributed by atoms with Crippen LogP contribution in [0.3, 0.4) is 0 Å². The van der Waals surface area contributed by atoms with Gasteiger partial charge in [-0.15, -0.1) is 0 Å². The Hall–Kier alpha value is -1.22. The minimum absolute atomic E-state index is 0.128. The summed E-state index contributed by atoms with van der Waals surface area (Å²) in [6.45, 7) is 7.29. The second-order valence-electron chi connectivity index (χ2n) is 5.50. The van der Waals surface area contributed by atoms with Crippen molar-refractivity contribution in [1.82, 2.24) is 0 Å². The third-order valence-corrected chi connectivity index (χ3v) is 3.63. The lowest BCUT2D eigenvalue weighted by Crippen LogP contribution is -2.33. The molecule has 0 saturated heterocycles. The summed E-state index contributed by atoms with van der Waals surface area (Å²) in [5, 5.41) is 19.6. The number of esters is 2. The molecule has 0 bridgehead atoms. The second kappa shape index (κ2) is 14.0. The molecule has 0 aromatic rings. The Balaban J connectivity index is 4.22. The van der Waals surface area contributed by atoms with Gasteiger partial charge < -0.3 is 29.2 Å². The maximum Gasteiger partial charge on any atom is 0.311 e. The van der Waals surface area contributed by atoms with Crippen LogP contribution >= 0.6 is 0 Å². The second-order valence-corrected chi connectivity index (χ2v) is 5.50. The fourth-order valence-electron chi connectivity index (χ4n) is 2.17. The van der Waals surface area contributed by atoms with Crippen LogP contribution in [0, 0.1) is 0 Å². The fourth-order valence-corrected chi connectivity index (χ4v) is 2.17. The third-order valence-electron chi connectivity index (χ3n) is 3.63. The van der Waals surface area contributed by atoms with Gasteiger partial charge in [0.2, 0.25) is 6.79 Å². The molecule has 0 aromatic carbocycles. The zero-order valence-corrected chi connectivity index (χ0v) is 15.6. The van der Waals surface area contributed by atoms with Crippen LogP contribution < -0.4 is 0 Å². The molecule has 0 radical (unpaired) electrons. The summed E-state index contributed by atoms with van der Waals surface area (Å²) in [6.07, 6.45) is -2.19. The number of aliphatic hydroxyl groups excluding tert-OH is 2. The van der Waals surface area contributed by atoms with Crippen molar-refractivity contribution in [2.75, 3.05) is 20.0 Å². The van der Waals surface area contributed by atoms with Crippen LogP contribution in [0.5, 0.6) is 0 Å². The average molecular weight is 364 g/mol. The van der Waals surface area contributed by atoms with E-state index in [1.165, 1.54) is 0 Å². The molecule has 25 heavy (non-hydrogen) atoms. The molecule has 0 heterocycles. The molecular formula is C17H32O8. The SMILES string of the molecule is CCOC(CC(=O)OCOC(=O)CC(OCC)C(O)CC)C(O)CC. The standard InChI is InChI=1S/C17H32O8/c1-5-12(18)14(22-7-3)9-16(20)24-11-25-17(21)10-15(23-8-4)13(19)6-2/h12-15,18-19H,5-11H2,1-4H3. The number of hydrogen-bond acceptors (Lipinski definition) is 8. The summed E-state index contributed by atoms with van der Waals surface area (Å²) in [5.41, 5.74) is 0.